The van der Waals surface area contributed by atoms with Crippen molar-refractivity contribution in [3.8, 4) is 17.0 Å². The summed E-state index contributed by atoms with van der Waals surface area (Å²) in [5.74, 6) is 0.861. The van der Waals surface area contributed by atoms with E-state index < -0.39 is 0 Å². The third-order valence-electron chi connectivity index (χ3n) is 2.75. The minimum atomic E-state index is 0.0130. The fourth-order valence-electron chi connectivity index (χ4n) is 1.85. The molecule has 112 valence electrons. The Bertz CT molecular complexity index is 591. The summed E-state index contributed by atoms with van der Waals surface area (Å²) in [6, 6.07) is 7.82. The minimum Gasteiger partial charge on any atom is -0.491 e. The molecule has 0 radical (unpaired) electrons. The van der Waals surface area contributed by atoms with Crippen LogP contribution < -0.4 is 10.1 Å². The van der Waals surface area contributed by atoms with E-state index in [0.29, 0.717) is 11.6 Å². The molecule has 4 nitrogen and oxygen atoms in total. The van der Waals surface area contributed by atoms with Gasteiger partial charge in [-0.15, -0.1) is 11.3 Å². The van der Waals surface area contributed by atoms with Gasteiger partial charge in [-0.3, -0.25) is 4.79 Å². The number of ether oxygens (including phenoxy) is 1. The molecule has 2 aromatic rings. The van der Waals surface area contributed by atoms with Crippen molar-refractivity contribution in [3.63, 3.8) is 0 Å². The molecule has 2 rings (SSSR count). The second kappa shape index (κ2) is 7.22. The molecule has 1 amide bonds. The van der Waals surface area contributed by atoms with Gasteiger partial charge in [0.2, 0.25) is 5.91 Å². The largest absolute Gasteiger partial charge is 0.491 e. The lowest BCUT2D eigenvalue weighted by Crippen LogP contribution is -2.10. The molecule has 0 aliphatic carbocycles. The second-order valence-electron chi connectivity index (χ2n) is 5.03. The summed E-state index contributed by atoms with van der Waals surface area (Å²) in [7, 11) is 0. The molecule has 0 aliphatic heterocycles. The fraction of sp³-hybridized carbons (Fsp3) is 0.375. The van der Waals surface area contributed by atoms with Crippen LogP contribution in [0.1, 0.15) is 33.6 Å². The predicted molar refractivity (Wildman–Crippen MR) is 86.9 cm³/mol. The summed E-state index contributed by atoms with van der Waals surface area (Å²) < 4.78 is 5.61. The molecule has 0 saturated heterocycles. The summed E-state index contributed by atoms with van der Waals surface area (Å²) >= 11 is 1.44. The summed E-state index contributed by atoms with van der Waals surface area (Å²) in [4.78, 5) is 16.0. The van der Waals surface area contributed by atoms with Gasteiger partial charge in [0, 0.05) is 17.4 Å². The molecular formula is C16H20N2O2S. The Morgan fingerprint density at radius 3 is 2.67 bits per heavy atom. The fourth-order valence-corrected chi connectivity index (χ4v) is 2.58. The van der Waals surface area contributed by atoms with Gasteiger partial charge in [0.05, 0.1) is 11.8 Å². The van der Waals surface area contributed by atoms with Gasteiger partial charge < -0.3 is 10.1 Å². The number of benzene rings is 1. The first-order valence-corrected chi connectivity index (χ1v) is 7.99. The van der Waals surface area contributed by atoms with Crippen LogP contribution in [0.3, 0.4) is 0 Å². The zero-order chi connectivity index (χ0) is 15.2. The van der Waals surface area contributed by atoms with Gasteiger partial charge in [-0.2, -0.15) is 0 Å². The maximum absolute atomic E-state index is 11.5. The number of hydrogen-bond acceptors (Lipinski definition) is 4. The molecule has 0 fully saturated rings. The molecule has 0 bridgehead atoms. The lowest BCUT2D eigenvalue weighted by Gasteiger charge is -2.09. The van der Waals surface area contributed by atoms with Gasteiger partial charge in [-0.05, 0) is 44.5 Å². The number of carbonyl (C=O) groups excluding carboxylic acids is 1. The Hall–Kier alpha value is -1.88. The van der Waals surface area contributed by atoms with Crippen LogP contribution in [0.5, 0.6) is 5.75 Å². The van der Waals surface area contributed by atoms with Gasteiger partial charge >= 0.3 is 0 Å². The lowest BCUT2D eigenvalue weighted by atomic mass is 10.2. The standard InChI is InChI=1S/C16H20N2O2S/c1-4-5-15(19)18-16-17-14(10-21-16)12-6-8-13(9-7-12)20-11(2)3/h6-11H,4-5H2,1-3H3,(H,17,18,19). The van der Waals surface area contributed by atoms with E-state index in [-0.39, 0.29) is 12.0 Å². The highest BCUT2D eigenvalue weighted by Gasteiger charge is 2.08. The maximum Gasteiger partial charge on any atom is 0.226 e. The van der Waals surface area contributed by atoms with Crippen LogP contribution >= 0.6 is 11.3 Å². The highest BCUT2D eigenvalue weighted by Crippen LogP contribution is 2.26. The van der Waals surface area contributed by atoms with Crippen LogP contribution in [0.2, 0.25) is 0 Å². The summed E-state index contributed by atoms with van der Waals surface area (Å²) in [5.41, 5.74) is 1.88. The highest BCUT2D eigenvalue weighted by atomic mass is 32.1. The SMILES string of the molecule is CCCC(=O)Nc1nc(-c2ccc(OC(C)C)cc2)cs1. The van der Waals surface area contributed by atoms with Gasteiger partial charge in [0.1, 0.15) is 5.75 Å². The van der Waals surface area contributed by atoms with E-state index in [0.717, 1.165) is 23.4 Å². The Labute approximate surface area is 129 Å². The van der Waals surface area contributed by atoms with E-state index in [9.17, 15) is 4.79 Å². The van der Waals surface area contributed by atoms with Crippen LogP contribution in [0, 0.1) is 0 Å². The number of nitrogens with one attached hydrogen (secondary N) is 1. The highest BCUT2D eigenvalue weighted by molar-refractivity contribution is 7.14. The van der Waals surface area contributed by atoms with E-state index in [1.54, 1.807) is 0 Å². The number of anilines is 1. The first-order valence-electron chi connectivity index (χ1n) is 7.11. The zero-order valence-corrected chi connectivity index (χ0v) is 13.4. The molecule has 1 heterocycles. The monoisotopic (exact) mass is 304 g/mol. The van der Waals surface area contributed by atoms with E-state index >= 15 is 0 Å². The lowest BCUT2D eigenvalue weighted by molar-refractivity contribution is -0.116. The first-order chi connectivity index (χ1) is 10.1. The van der Waals surface area contributed by atoms with Crippen molar-refractivity contribution in [2.75, 3.05) is 5.32 Å². The van der Waals surface area contributed by atoms with Crippen molar-refractivity contribution in [1.29, 1.82) is 0 Å². The van der Waals surface area contributed by atoms with E-state index in [4.69, 9.17) is 4.74 Å². The molecule has 0 unspecified atom stereocenters. The summed E-state index contributed by atoms with van der Waals surface area (Å²) in [6.45, 7) is 5.98. The molecule has 0 aliphatic rings. The number of aromatic nitrogens is 1. The van der Waals surface area contributed by atoms with E-state index in [1.807, 2.05) is 50.4 Å². The predicted octanol–water partition coefficient (Wildman–Crippen LogP) is 4.34. The molecule has 0 saturated carbocycles. The van der Waals surface area contributed by atoms with Crippen LogP contribution in [-0.4, -0.2) is 17.0 Å². The second-order valence-corrected chi connectivity index (χ2v) is 5.89. The Morgan fingerprint density at radius 1 is 1.33 bits per heavy atom. The average molecular weight is 304 g/mol. The molecule has 0 spiro atoms. The molecule has 1 aromatic carbocycles. The van der Waals surface area contributed by atoms with E-state index in [1.165, 1.54) is 11.3 Å². The van der Waals surface area contributed by atoms with Crippen molar-refractivity contribution in [2.45, 2.75) is 39.7 Å². The Balaban J connectivity index is 2.05. The third-order valence-corrected chi connectivity index (χ3v) is 3.51. The Morgan fingerprint density at radius 2 is 2.05 bits per heavy atom. The average Bonchev–Trinajstić information content (AvgIpc) is 2.87. The molecular weight excluding hydrogens is 284 g/mol. The summed E-state index contributed by atoms with van der Waals surface area (Å²) in [5, 5.41) is 5.40. The quantitative estimate of drug-likeness (QED) is 0.864. The van der Waals surface area contributed by atoms with Crippen molar-refractivity contribution in [3.05, 3.63) is 29.6 Å². The Kier molecular flexibility index (Phi) is 5.33. The number of thiazole rings is 1. The van der Waals surface area contributed by atoms with Crippen LogP contribution in [0.25, 0.3) is 11.3 Å². The summed E-state index contributed by atoms with van der Waals surface area (Å²) in [6.07, 6.45) is 1.52. The van der Waals surface area contributed by atoms with E-state index in [2.05, 4.69) is 10.3 Å². The molecule has 0 atom stereocenters. The van der Waals surface area contributed by atoms with Crippen LogP contribution in [0.15, 0.2) is 29.6 Å². The van der Waals surface area contributed by atoms with Gasteiger partial charge in [-0.1, -0.05) is 6.92 Å². The molecule has 21 heavy (non-hydrogen) atoms. The number of rotatable bonds is 6. The smallest absolute Gasteiger partial charge is 0.226 e. The first kappa shape index (κ1) is 15.5. The molecule has 1 N–H and O–H groups in total. The maximum atomic E-state index is 11.5. The van der Waals surface area contributed by atoms with Crippen LogP contribution in [-0.2, 0) is 4.79 Å². The van der Waals surface area contributed by atoms with Crippen molar-refractivity contribution >= 4 is 22.4 Å². The third kappa shape index (κ3) is 4.56. The zero-order valence-electron chi connectivity index (χ0n) is 12.6. The van der Waals surface area contributed by atoms with Gasteiger partial charge in [0.15, 0.2) is 5.13 Å². The topological polar surface area (TPSA) is 51.2 Å². The van der Waals surface area contributed by atoms with Crippen molar-refractivity contribution < 1.29 is 9.53 Å². The molecule has 5 heteroatoms. The number of hydrogen-bond donors (Lipinski definition) is 1. The van der Waals surface area contributed by atoms with Crippen molar-refractivity contribution in [2.24, 2.45) is 0 Å². The number of amides is 1. The van der Waals surface area contributed by atoms with Crippen molar-refractivity contribution in [1.82, 2.24) is 4.98 Å². The van der Waals surface area contributed by atoms with Crippen LogP contribution in [0.4, 0.5) is 5.13 Å². The van der Waals surface area contributed by atoms with Gasteiger partial charge in [-0.25, -0.2) is 4.98 Å². The van der Waals surface area contributed by atoms with Gasteiger partial charge in [0.25, 0.3) is 0 Å². The normalized spacial score (nSPS) is 10.7. The minimum absolute atomic E-state index is 0.0130. The molecule has 1 aromatic heterocycles. The number of nitrogens with zero attached hydrogens (tertiary/aromatic N) is 1. The number of carbonyl (C=O) groups is 1.